The first-order chi connectivity index (χ1) is 10.3. The molecule has 0 aromatic rings. The molecule has 0 spiro atoms. The monoisotopic (exact) mass is 308 g/mol. The molecule has 2 amide bonds. The van der Waals surface area contributed by atoms with Gasteiger partial charge in [0, 0.05) is 25.6 Å². The third-order valence-corrected chi connectivity index (χ3v) is 5.32. The van der Waals surface area contributed by atoms with Gasteiger partial charge in [0.25, 0.3) is 0 Å². The summed E-state index contributed by atoms with van der Waals surface area (Å²) in [5.74, 6) is -1.43. The number of nitrogens with zero attached hydrogens (tertiary/aromatic N) is 2. The highest BCUT2D eigenvalue weighted by molar-refractivity contribution is 5.87. The Morgan fingerprint density at radius 2 is 1.59 bits per heavy atom. The van der Waals surface area contributed by atoms with Crippen molar-refractivity contribution in [2.45, 2.75) is 45.1 Å². The molecule has 6 nitrogen and oxygen atoms in total. The van der Waals surface area contributed by atoms with Crippen LogP contribution < -0.4 is 0 Å². The fraction of sp³-hybridized carbons (Fsp3) is 0.812. The molecular formula is C16H24N2O4. The summed E-state index contributed by atoms with van der Waals surface area (Å²) in [5, 5.41) is 9.14. The van der Waals surface area contributed by atoms with E-state index in [0.717, 1.165) is 12.8 Å². The van der Waals surface area contributed by atoms with E-state index in [-0.39, 0.29) is 23.7 Å². The van der Waals surface area contributed by atoms with Crippen LogP contribution in [0.25, 0.3) is 0 Å². The molecule has 3 fully saturated rings. The third kappa shape index (κ3) is 2.59. The van der Waals surface area contributed by atoms with Gasteiger partial charge in [0.15, 0.2) is 0 Å². The summed E-state index contributed by atoms with van der Waals surface area (Å²) in [7, 11) is 0. The number of carbonyl (C=O) groups is 3. The summed E-state index contributed by atoms with van der Waals surface area (Å²) in [6.45, 7) is 5.54. The third-order valence-electron chi connectivity index (χ3n) is 5.32. The number of carbonyl (C=O) groups excluding carboxylic acids is 2. The van der Waals surface area contributed by atoms with E-state index in [9.17, 15) is 14.4 Å². The van der Waals surface area contributed by atoms with E-state index < -0.39 is 17.4 Å². The number of carboxylic acid groups (broad SMARTS) is 1. The van der Waals surface area contributed by atoms with Crippen molar-refractivity contribution in [1.29, 1.82) is 0 Å². The van der Waals surface area contributed by atoms with Crippen LogP contribution in [0.3, 0.4) is 0 Å². The standard InChI is InChI=1S/C16H24N2O4/c1-16(2)9-17(13(19)10-3-4-10)7-8-18(16)14(20)11-5-6-12(11)15(21)22/h10-12H,3-9H2,1-2H3,(H,21,22). The quantitative estimate of drug-likeness (QED) is 0.842. The summed E-state index contributed by atoms with van der Waals surface area (Å²) in [5.41, 5.74) is -0.432. The molecule has 2 aliphatic carbocycles. The molecule has 0 radical (unpaired) electrons. The summed E-state index contributed by atoms with van der Waals surface area (Å²) in [6.07, 6.45) is 3.22. The highest BCUT2D eigenvalue weighted by Gasteiger charge is 2.48. The van der Waals surface area contributed by atoms with E-state index in [1.165, 1.54) is 0 Å². The Balaban J connectivity index is 1.66. The zero-order chi connectivity index (χ0) is 16.1. The maximum atomic E-state index is 12.7. The van der Waals surface area contributed by atoms with Gasteiger partial charge in [0.2, 0.25) is 11.8 Å². The molecule has 0 aromatic carbocycles. The summed E-state index contributed by atoms with van der Waals surface area (Å²) in [6, 6.07) is 0. The highest BCUT2D eigenvalue weighted by Crippen LogP contribution is 2.38. The van der Waals surface area contributed by atoms with Gasteiger partial charge in [-0.05, 0) is 39.5 Å². The average Bonchev–Trinajstić information content (AvgIpc) is 3.18. The minimum absolute atomic E-state index is 0.0535. The summed E-state index contributed by atoms with van der Waals surface area (Å²) >= 11 is 0. The van der Waals surface area contributed by atoms with Crippen LogP contribution in [-0.2, 0) is 14.4 Å². The van der Waals surface area contributed by atoms with E-state index >= 15 is 0 Å². The van der Waals surface area contributed by atoms with Crippen LogP contribution in [0.4, 0.5) is 0 Å². The Morgan fingerprint density at radius 1 is 0.955 bits per heavy atom. The lowest BCUT2D eigenvalue weighted by molar-refractivity contribution is -0.162. The molecule has 1 N–H and O–H groups in total. The van der Waals surface area contributed by atoms with Gasteiger partial charge in [-0.25, -0.2) is 0 Å². The lowest BCUT2D eigenvalue weighted by Gasteiger charge is -2.49. The van der Waals surface area contributed by atoms with Crippen molar-refractivity contribution in [3.8, 4) is 0 Å². The van der Waals surface area contributed by atoms with Crippen LogP contribution in [0.15, 0.2) is 0 Å². The lowest BCUT2D eigenvalue weighted by Crippen LogP contribution is -2.64. The topological polar surface area (TPSA) is 77.9 Å². The Labute approximate surface area is 130 Å². The number of hydrogen-bond donors (Lipinski definition) is 1. The van der Waals surface area contributed by atoms with E-state index in [1.807, 2.05) is 18.7 Å². The van der Waals surface area contributed by atoms with E-state index in [2.05, 4.69) is 0 Å². The Kier molecular flexibility index (Phi) is 3.65. The van der Waals surface area contributed by atoms with Crippen molar-refractivity contribution in [2.75, 3.05) is 19.6 Å². The molecule has 1 heterocycles. The van der Waals surface area contributed by atoms with Crippen molar-refractivity contribution in [2.24, 2.45) is 17.8 Å². The maximum Gasteiger partial charge on any atom is 0.307 e. The van der Waals surface area contributed by atoms with Gasteiger partial charge in [0.05, 0.1) is 17.4 Å². The number of aliphatic carboxylic acids is 1. The van der Waals surface area contributed by atoms with Crippen LogP contribution in [0.5, 0.6) is 0 Å². The maximum absolute atomic E-state index is 12.7. The fourth-order valence-electron chi connectivity index (χ4n) is 3.63. The molecule has 1 saturated heterocycles. The zero-order valence-corrected chi connectivity index (χ0v) is 13.2. The minimum atomic E-state index is -0.870. The van der Waals surface area contributed by atoms with Crippen molar-refractivity contribution < 1.29 is 19.5 Å². The van der Waals surface area contributed by atoms with Crippen molar-refractivity contribution in [3.63, 3.8) is 0 Å². The normalized spacial score (nSPS) is 30.6. The van der Waals surface area contributed by atoms with E-state index in [4.69, 9.17) is 5.11 Å². The van der Waals surface area contributed by atoms with Gasteiger partial charge >= 0.3 is 5.97 Å². The van der Waals surface area contributed by atoms with Crippen molar-refractivity contribution in [3.05, 3.63) is 0 Å². The van der Waals surface area contributed by atoms with Crippen LogP contribution in [0.2, 0.25) is 0 Å². The Hall–Kier alpha value is -1.59. The molecule has 2 unspecified atom stereocenters. The molecule has 3 rings (SSSR count). The first kappa shape index (κ1) is 15.3. The van der Waals surface area contributed by atoms with E-state index in [1.54, 1.807) is 4.90 Å². The smallest absolute Gasteiger partial charge is 0.307 e. The molecular weight excluding hydrogens is 284 g/mol. The SMILES string of the molecule is CC1(C)CN(C(=O)C2CC2)CCN1C(=O)C1CCC1C(=O)O. The van der Waals surface area contributed by atoms with Gasteiger partial charge in [-0.1, -0.05) is 0 Å². The number of hydrogen-bond acceptors (Lipinski definition) is 3. The molecule has 122 valence electrons. The minimum Gasteiger partial charge on any atom is -0.481 e. The second-order valence-corrected chi connectivity index (χ2v) is 7.46. The molecule has 2 saturated carbocycles. The summed E-state index contributed by atoms with van der Waals surface area (Å²) in [4.78, 5) is 39.7. The predicted octanol–water partition coefficient (Wildman–Crippen LogP) is 0.957. The Bertz CT molecular complexity index is 512. The van der Waals surface area contributed by atoms with Crippen LogP contribution in [0, 0.1) is 17.8 Å². The molecule has 2 atom stereocenters. The first-order valence-electron chi connectivity index (χ1n) is 8.14. The second-order valence-electron chi connectivity index (χ2n) is 7.46. The van der Waals surface area contributed by atoms with Crippen molar-refractivity contribution in [1.82, 2.24) is 9.80 Å². The Morgan fingerprint density at radius 3 is 2.05 bits per heavy atom. The molecule has 3 aliphatic rings. The fourth-order valence-corrected chi connectivity index (χ4v) is 3.63. The average molecular weight is 308 g/mol. The molecule has 1 aliphatic heterocycles. The number of carboxylic acids is 1. The van der Waals surface area contributed by atoms with Gasteiger partial charge in [-0.2, -0.15) is 0 Å². The van der Waals surface area contributed by atoms with Gasteiger partial charge in [-0.15, -0.1) is 0 Å². The zero-order valence-electron chi connectivity index (χ0n) is 13.2. The molecule has 0 aromatic heterocycles. The molecule has 6 heteroatoms. The van der Waals surface area contributed by atoms with Crippen LogP contribution in [-0.4, -0.2) is 57.9 Å². The molecule has 0 bridgehead atoms. The van der Waals surface area contributed by atoms with Crippen LogP contribution >= 0.6 is 0 Å². The highest BCUT2D eigenvalue weighted by atomic mass is 16.4. The number of amides is 2. The van der Waals surface area contributed by atoms with Crippen LogP contribution in [0.1, 0.15) is 39.5 Å². The van der Waals surface area contributed by atoms with Gasteiger partial charge < -0.3 is 14.9 Å². The largest absolute Gasteiger partial charge is 0.481 e. The second kappa shape index (κ2) is 5.25. The van der Waals surface area contributed by atoms with Gasteiger partial charge in [-0.3, -0.25) is 14.4 Å². The lowest BCUT2D eigenvalue weighted by atomic mass is 9.72. The summed E-state index contributed by atoms with van der Waals surface area (Å²) < 4.78 is 0. The number of rotatable bonds is 3. The first-order valence-corrected chi connectivity index (χ1v) is 8.14. The number of piperazine rings is 1. The van der Waals surface area contributed by atoms with E-state index in [0.29, 0.717) is 32.5 Å². The van der Waals surface area contributed by atoms with Crippen molar-refractivity contribution >= 4 is 17.8 Å². The predicted molar refractivity (Wildman–Crippen MR) is 78.9 cm³/mol. The van der Waals surface area contributed by atoms with Gasteiger partial charge in [0.1, 0.15) is 0 Å². The molecule has 22 heavy (non-hydrogen) atoms.